The first-order valence-electron chi connectivity index (χ1n) is 8.84. The maximum atomic E-state index is 13.0. The number of fused-ring (bicyclic) bond motifs is 1. The number of amides is 1. The van der Waals surface area contributed by atoms with E-state index in [1.807, 2.05) is 0 Å². The molecule has 3 aliphatic carbocycles. The maximum Gasteiger partial charge on any atom is 0.224 e. The summed E-state index contributed by atoms with van der Waals surface area (Å²) in [5, 5.41) is 3.06. The van der Waals surface area contributed by atoms with Crippen LogP contribution in [0.4, 0.5) is 0 Å². The monoisotopic (exact) mass is 317 g/mol. The highest BCUT2D eigenvalue weighted by Gasteiger charge is 2.51. The molecule has 0 radical (unpaired) electrons. The van der Waals surface area contributed by atoms with Gasteiger partial charge in [0.15, 0.2) is 0 Å². The topological polar surface area (TPSA) is 29.1 Å². The number of nitrogens with one attached hydrogen (secondary N) is 1. The molecule has 0 saturated carbocycles. The van der Waals surface area contributed by atoms with Crippen LogP contribution >= 0.6 is 0 Å². The van der Waals surface area contributed by atoms with Crippen molar-refractivity contribution in [2.24, 2.45) is 11.8 Å². The molecule has 0 unspecified atom stereocenters. The molecule has 122 valence electrons. The first-order valence-corrected chi connectivity index (χ1v) is 8.84. The Bertz CT molecular complexity index is 747. The van der Waals surface area contributed by atoms with E-state index in [2.05, 4.69) is 67.4 Å². The first kappa shape index (κ1) is 15.2. The van der Waals surface area contributed by atoms with Gasteiger partial charge in [0, 0.05) is 18.4 Å². The molecule has 5 rings (SSSR count). The summed E-state index contributed by atoms with van der Waals surface area (Å²) < 4.78 is 0. The standard InChI is InChI=1S/C22H23NO/c1-3-13-23-22(24)21-14(4-2)19-15-9-5-7-11-17(15)20(21)18-12-8-6-10-16(18)19/h3,5-12,14,19-21H,1,4,13H2,2H3,(H,23,24)/t14-,19?,20?,21+/m0/s1. The number of carbonyl (C=O) groups excluding carboxylic acids is 1. The average Bonchev–Trinajstić information content (AvgIpc) is 2.65. The lowest BCUT2D eigenvalue weighted by Crippen LogP contribution is -2.47. The molecule has 2 bridgehead atoms. The fourth-order valence-corrected chi connectivity index (χ4v) is 4.92. The quantitative estimate of drug-likeness (QED) is 0.840. The van der Waals surface area contributed by atoms with Gasteiger partial charge in [-0.2, -0.15) is 0 Å². The van der Waals surface area contributed by atoms with Gasteiger partial charge >= 0.3 is 0 Å². The van der Waals surface area contributed by atoms with Gasteiger partial charge in [-0.05, 0) is 28.2 Å². The Hall–Kier alpha value is -2.35. The minimum absolute atomic E-state index is 0.00440. The summed E-state index contributed by atoms with van der Waals surface area (Å²) in [6.45, 7) is 6.47. The Balaban J connectivity index is 1.89. The average molecular weight is 317 g/mol. The molecule has 1 N–H and O–H groups in total. The third-order valence-corrected chi connectivity index (χ3v) is 5.78. The summed E-state index contributed by atoms with van der Waals surface area (Å²) in [7, 11) is 0. The Morgan fingerprint density at radius 1 is 1.00 bits per heavy atom. The third-order valence-electron chi connectivity index (χ3n) is 5.78. The molecule has 2 heteroatoms. The molecule has 0 saturated heterocycles. The second-order valence-electron chi connectivity index (χ2n) is 6.84. The molecule has 2 aromatic rings. The van der Waals surface area contributed by atoms with Gasteiger partial charge < -0.3 is 5.32 Å². The molecular formula is C22H23NO. The van der Waals surface area contributed by atoms with Crippen LogP contribution in [-0.4, -0.2) is 12.5 Å². The van der Waals surface area contributed by atoms with E-state index in [1.54, 1.807) is 6.08 Å². The second kappa shape index (κ2) is 5.94. The van der Waals surface area contributed by atoms with Crippen LogP contribution in [0.25, 0.3) is 0 Å². The zero-order valence-electron chi connectivity index (χ0n) is 14.0. The van der Waals surface area contributed by atoms with Gasteiger partial charge in [-0.15, -0.1) is 6.58 Å². The van der Waals surface area contributed by atoms with E-state index in [0.717, 1.165) is 6.42 Å². The van der Waals surface area contributed by atoms with Crippen LogP contribution in [0, 0.1) is 11.8 Å². The van der Waals surface area contributed by atoms with Gasteiger partial charge in [-0.1, -0.05) is 68.0 Å². The van der Waals surface area contributed by atoms with Crippen molar-refractivity contribution in [3.05, 3.63) is 83.4 Å². The number of hydrogen-bond donors (Lipinski definition) is 1. The fourth-order valence-electron chi connectivity index (χ4n) is 4.92. The molecule has 0 fully saturated rings. The molecule has 24 heavy (non-hydrogen) atoms. The van der Waals surface area contributed by atoms with Gasteiger partial charge in [0.1, 0.15) is 0 Å². The van der Waals surface area contributed by atoms with Crippen LogP contribution in [0.1, 0.15) is 47.4 Å². The SMILES string of the molecule is C=CCNC(=O)[C@H]1C2c3ccccc3C(c3ccccc32)[C@@H]1CC. The highest BCUT2D eigenvalue weighted by atomic mass is 16.1. The van der Waals surface area contributed by atoms with Crippen molar-refractivity contribution in [3.8, 4) is 0 Å². The number of hydrogen-bond acceptors (Lipinski definition) is 1. The van der Waals surface area contributed by atoms with Crippen LogP contribution in [0.5, 0.6) is 0 Å². The smallest absolute Gasteiger partial charge is 0.224 e. The number of benzene rings is 2. The van der Waals surface area contributed by atoms with E-state index >= 15 is 0 Å². The van der Waals surface area contributed by atoms with Gasteiger partial charge in [0.2, 0.25) is 5.91 Å². The minimum Gasteiger partial charge on any atom is -0.352 e. The van der Waals surface area contributed by atoms with Crippen LogP contribution in [0.15, 0.2) is 61.2 Å². The van der Waals surface area contributed by atoms with Crippen molar-refractivity contribution < 1.29 is 4.79 Å². The van der Waals surface area contributed by atoms with Crippen LogP contribution < -0.4 is 5.32 Å². The lowest BCUT2D eigenvalue weighted by atomic mass is 9.53. The molecule has 2 nitrogen and oxygen atoms in total. The summed E-state index contributed by atoms with van der Waals surface area (Å²) in [6, 6.07) is 17.4. The molecule has 0 aliphatic heterocycles. The Kier molecular flexibility index (Phi) is 3.76. The summed E-state index contributed by atoms with van der Waals surface area (Å²) in [6.07, 6.45) is 2.76. The fraction of sp³-hybridized carbons (Fsp3) is 0.318. The highest BCUT2D eigenvalue weighted by Crippen LogP contribution is 2.59. The van der Waals surface area contributed by atoms with E-state index in [4.69, 9.17) is 0 Å². The van der Waals surface area contributed by atoms with E-state index < -0.39 is 0 Å². The Labute approximate surface area is 143 Å². The molecule has 0 heterocycles. The van der Waals surface area contributed by atoms with Crippen molar-refractivity contribution in [3.63, 3.8) is 0 Å². The van der Waals surface area contributed by atoms with Crippen LogP contribution in [0.3, 0.4) is 0 Å². The highest BCUT2D eigenvalue weighted by molar-refractivity contribution is 5.83. The van der Waals surface area contributed by atoms with Crippen molar-refractivity contribution in [1.82, 2.24) is 5.32 Å². The maximum absolute atomic E-state index is 13.0. The largest absolute Gasteiger partial charge is 0.352 e. The molecule has 2 aromatic carbocycles. The number of carbonyl (C=O) groups is 1. The summed E-state index contributed by atoms with van der Waals surface area (Å²) in [5.74, 6) is 1.01. The Morgan fingerprint density at radius 2 is 1.50 bits per heavy atom. The predicted molar refractivity (Wildman–Crippen MR) is 97.0 cm³/mol. The lowest BCUT2D eigenvalue weighted by Gasteiger charge is -2.50. The molecule has 0 spiro atoms. The number of rotatable bonds is 4. The zero-order chi connectivity index (χ0) is 16.7. The molecule has 0 aromatic heterocycles. The van der Waals surface area contributed by atoms with Crippen molar-refractivity contribution >= 4 is 5.91 Å². The minimum atomic E-state index is 0.00440. The van der Waals surface area contributed by atoms with E-state index in [-0.39, 0.29) is 17.7 Å². The molecule has 2 atom stereocenters. The van der Waals surface area contributed by atoms with Gasteiger partial charge in [-0.3, -0.25) is 4.79 Å². The van der Waals surface area contributed by atoms with Gasteiger partial charge in [-0.25, -0.2) is 0 Å². The summed E-state index contributed by atoms with van der Waals surface area (Å²) in [4.78, 5) is 13.0. The molecule has 3 aliphatic rings. The second-order valence-corrected chi connectivity index (χ2v) is 6.84. The van der Waals surface area contributed by atoms with Crippen LogP contribution in [-0.2, 0) is 4.79 Å². The third kappa shape index (κ3) is 2.06. The lowest BCUT2D eigenvalue weighted by molar-refractivity contribution is -0.128. The van der Waals surface area contributed by atoms with E-state index in [1.165, 1.54) is 22.3 Å². The predicted octanol–water partition coefficient (Wildman–Crippen LogP) is 4.22. The summed E-state index contributed by atoms with van der Waals surface area (Å²) in [5.41, 5.74) is 5.51. The first-order chi connectivity index (χ1) is 11.8. The molecule has 1 amide bonds. The van der Waals surface area contributed by atoms with Gasteiger partial charge in [0.05, 0.1) is 5.92 Å². The van der Waals surface area contributed by atoms with E-state index in [0.29, 0.717) is 18.4 Å². The molecular weight excluding hydrogens is 294 g/mol. The normalized spacial score (nSPS) is 26.4. The Morgan fingerprint density at radius 3 is 1.96 bits per heavy atom. The van der Waals surface area contributed by atoms with Crippen molar-refractivity contribution in [2.45, 2.75) is 25.2 Å². The van der Waals surface area contributed by atoms with Gasteiger partial charge in [0.25, 0.3) is 0 Å². The van der Waals surface area contributed by atoms with E-state index in [9.17, 15) is 4.79 Å². The van der Waals surface area contributed by atoms with Crippen molar-refractivity contribution in [1.29, 1.82) is 0 Å². The van der Waals surface area contributed by atoms with Crippen LogP contribution in [0.2, 0.25) is 0 Å². The zero-order valence-corrected chi connectivity index (χ0v) is 14.0. The summed E-state index contributed by atoms with van der Waals surface area (Å²) >= 11 is 0. The van der Waals surface area contributed by atoms with Crippen molar-refractivity contribution in [2.75, 3.05) is 6.54 Å².